The van der Waals surface area contributed by atoms with Gasteiger partial charge in [0.05, 0.1) is 0 Å². The van der Waals surface area contributed by atoms with Crippen molar-refractivity contribution in [1.82, 2.24) is 0 Å². The molecule has 23 heavy (non-hydrogen) atoms. The zero-order valence-electron chi connectivity index (χ0n) is 14.4. The molecule has 0 nitrogen and oxygen atoms in total. The lowest BCUT2D eigenvalue weighted by Gasteiger charge is -2.22. The van der Waals surface area contributed by atoms with Gasteiger partial charge in [0.1, 0.15) is 0 Å². The highest BCUT2D eigenvalue weighted by Gasteiger charge is 2.31. The molecule has 2 heteroatoms. The molecule has 0 bridgehead atoms. The molecular weight excluding hydrogens is 316 g/mol. The Hall–Kier alpha value is -1.31. The van der Waals surface area contributed by atoms with Gasteiger partial charge in [-0.15, -0.1) is 0 Å². The highest BCUT2D eigenvalue weighted by Crippen LogP contribution is 2.45. The molecule has 0 aromatic heterocycles. The molecule has 1 aromatic carbocycles. The Morgan fingerprint density at radius 3 is 2.57 bits per heavy atom. The van der Waals surface area contributed by atoms with Gasteiger partial charge >= 0.3 is 0 Å². The molecule has 2 aliphatic carbocycles. The van der Waals surface area contributed by atoms with Crippen LogP contribution in [0.2, 0.25) is 0 Å². The van der Waals surface area contributed by atoms with Gasteiger partial charge in [0, 0.05) is 11.8 Å². The molecule has 0 radical (unpaired) electrons. The predicted molar refractivity (Wildman–Crippen MR) is 105 cm³/mol. The van der Waals surface area contributed by atoms with E-state index in [2.05, 4.69) is 76.3 Å². The molecule has 1 aromatic rings. The summed E-state index contributed by atoms with van der Waals surface area (Å²) in [6.07, 6.45) is 11.5. The van der Waals surface area contributed by atoms with Crippen LogP contribution in [0, 0.1) is 18.8 Å². The third kappa shape index (κ3) is 2.93. The fraction of sp³-hybridized carbons (Fsp3) is 0.333. The monoisotopic (exact) mass is 340 g/mol. The Labute approximate surface area is 147 Å². The van der Waals surface area contributed by atoms with Gasteiger partial charge in [-0.05, 0) is 47.2 Å². The molecule has 3 rings (SSSR count). The molecule has 2 atom stereocenters. The largest absolute Gasteiger partial charge is 0.170 e. The minimum Gasteiger partial charge on any atom is -0.170 e. The van der Waals surface area contributed by atoms with E-state index in [-0.39, 0.29) is 0 Å². The summed E-state index contributed by atoms with van der Waals surface area (Å²) in [5, 5.41) is 1.38. The van der Waals surface area contributed by atoms with E-state index < -0.39 is 8.83 Å². The van der Waals surface area contributed by atoms with Crippen molar-refractivity contribution in [1.29, 1.82) is 0 Å². The van der Waals surface area contributed by atoms with Gasteiger partial charge in [-0.1, -0.05) is 68.0 Å². The van der Waals surface area contributed by atoms with Crippen molar-refractivity contribution in [2.45, 2.75) is 33.6 Å². The van der Waals surface area contributed by atoms with Crippen LogP contribution in [0.3, 0.4) is 0 Å². The van der Waals surface area contributed by atoms with Gasteiger partial charge in [-0.3, -0.25) is 0 Å². The van der Waals surface area contributed by atoms with Crippen molar-refractivity contribution >= 4 is 25.1 Å². The highest BCUT2D eigenvalue weighted by molar-refractivity contribution is 7.01. The summed E-state index contributed by atoms with van der Waals surface area (Å²) < 4.78 is 0. The minimum absolute atomic E-state index is 0.388. The van der Waals surface area contributed by atoms with Crippen molar-refractivity contribution in [3.05, 3.63) is 76.4 Å². The number of hydrogen-bond donors (Lipinski definition) is 0. The van der Waals surface area contributed by atoms with Gasteiger partial charge in [0.2, 0.25) is 0 Å². The molecule has 0 fully saturated rings. The summed E-state index contributed by atoms with van der Waals surface area (Å²) in [6, 6.07) is 6.66. The van der Waals surface area contributed by atoms with E-state index in [0.717, 1.165) is 0 Å². The van der Waals surface area contributed by atoms with Crippen LogP contribution in [0.1, 0.15) is 37.8 Å². The Morgan fingerprint density at radius 1 is 1.09 bits per heavy atom. The smallest absolute Gasteiger partial charge is 0.156 e. The maximum Gasteiger partial charge on any atom is 0.156 e. The van der Waals surface area contributed by atoms with Crippen LogP contribution in [-0.4, -0.2) is 8.83 Å². The van der Waals surface area contributed by atoms with Crippen LogP contribution in [0.15, 0.2) is 65.3 Å². The van der Waals surface area contributed by atoms with E-state index in [0.29, 0.717) is 17.8 Å². The Morgan fingerprint density at radius 2 is 1.87 bits per heavy atom. The molecular formula is C21H25ClSi. The molecule has 0 heterocycles. The third-order valence-corrected chi connectivity index (χ3v) is 7.13. The Kier molecular flexibility index (Phi) is 4.79. The molecule has 0 amide bonds. The first-order chi connectivity index (χ1) is 11.0. The lowest BCUT2D eigenvalue weighted by Crippen LogP contribution is -2.17. The molecule has 120 valence electrons. The van der Waals surface area contributed by atoms with Crippen LogP contribution >= 0.6 is 11.1 Å². The number of benzene rings is 1. The van der Waals surface area contributed by atoms with Gasteiger partial charge < -0.3 is 0 Å². The second-order valence-corrected chi connectivity index (χ2v) is 8.84. The summed E-state index contributed by atoms with van der Waals surface area (Å²) in [6.45, 7) is 9.14. The van der Waals surface area contributed by atoms with Crippen molar-refractivity contribution in [2.75, 3.05) is 0 Å². The third-order valence-electron chi connectivity index (χ3n) is 5.21. The number of halogens is 1. The highest BCUT2D eigenvalue weighted by atomic mass is 35.6. The van der Waals surface area contributed by atoms with Gasteiger partial charge in [0.15, 0.2) is 8.83 Å². The molecule has 0 spiro atoms. The first-order valence-corrected chi connectivity index (χ1v) is 11.3. The van der Waals surface area contributed by atoms with Gasteiger partial charge in [0.25, 0.3) is 0 Å². The Balaban J connectivity index is 2.13. The number of hydrogen-bond acceptors (Lipinski definition) is 0. The van der Waals surface area contributed by atoms with E-state index in [4.69, 9.17) is 11.1 Å². The second-order valence-electron chi connectivity index (χ2n) is 7.01. The minimum atomic E-state index is -0.654. The summed E-state index contributed by atoms with van der Waals surface area (Å²) >= 11 is 6.26. The van der Waals surface area contributed by atoms with E-state index in [1.807, 2.05) is 0 Å². The average molecular weight is 341 g/mol. The lowest BCUT2D eigenvalue weighted by molar-refractivity contribution is 0.533. The van der Waals surface area contributed by atoms with Crippen molar-refractivity contribution < 1.29 is 0 Å². The average Bonchev–Trinajstić information content (AvgIpc) is 2.70. The molecule has 2 unspecified atom stereocenters. The summed E-state index contributed by atoms with van der Waals surface area (Å²) in [4.78, 5) is 0. The summed E-state index contributed by atoms with van der Waals surface area (Å²) in [7, 11) is -0.654. The topological polar surface area (TPSA) is 0 Å². The van der Waals surface area contributed by atoms with Crippen molar-refractivity contribution in [3.8, 4) is 0 Å². The zero-order valence-corrected chi connectivity index (χ0v) is 16.6. The van der Waals surface area contributed by atoms with Crippen LogP contribution in [-0.2, 0) is 0 Å². The van der Waals surface area contributed by atoms with Gasteiger partial charge in [-0.25, -0.2) is 0 Å². The Bertz CT molecular complexity index is 734. The summed E-state index contributed by atoms with van der Waals surface area (Å²) in [5.74, 6) is 1.51. The molecule has 0 N–H and O–H groups in total. The maximum atomic E-state index is 6.26. The number of rotatable bonds is 3. The lowest BCUT2D eigenvalue weighted by atomic mass is 9.83. The van der Waals surface area contributed by atoms with E-state index in [9.17, 15) is 0 Å². The van der Waals surface area contributed by atoms with Crippen LogP contribution < -0.4 is 5.19 Å². The van der Waals surface area contributed by atoms with E-state index >= 15 is 0 Å². The van der Waals surface area contributed by atoms with Crippen LogP contribution in [0.25, 0.3) is 0 Å². The van der Waals surface area contributed by atoms with E-state index in [1.165, 1.54) is 33.0 Å². The van der Waals surface area contributed by atoms with E-state index in [1.54, 1.807) is 0 Å². The maximum absolute atomic E-state index is 6.26. The molecule has 0 saturated carbocycles. The first kappa shape index (κ1) is 16.5. The quantitative estimate of drug-likeness (QED) is 0.553. The molecule has 0 saturated heterocycles. The summed E-state index contributed by atoms with van der Waals surface area (Å²) in [5.41, 5.74) is 7.26. The normalized spacial score (nSPS) is 23.8. The molecule has 2 aliphatic rings. The predicted octanol–water partition coefficient (Wildman–Crippen LogP) is 4.68. The first-order valence-electron chi connectivity index (χ1n) is 8.46. The van der Waals surface area contributed by atoms with Crippen LogP contribution in [0.5, 0.6) is 0 Å². The fourth-order valence-electron chi connectivity index (χ4n) is 3.91. The second kappa shape index (κ2) is 6.66. The number of allylic oxidation sites excluding steroid dienone is 8. The van der Waals surface area contributed by atoms with Crippen LogP contribution in [0.4, 0.5) is 0 Å². The standard InChI is InChI=1S/C21H25ClSi/c1-13(2)16-8-5-6-9-18-19(16)12-14(3)21(18)17-10-7-11-20(23-22)15(17)4/h5-13,16,21H,23H2,1-4H3. The van der Waals surface area contributed by atoms with Gasteiger partial charge in [-0.2, -0.15) is 11.1 Å². The fourth-order valence-corrected chi connectivity index (χ4v) is 5.41. The molecule has 0 aliphatic heterocycles. The van der Waals surface area contributed by atoms with Crippen molar-refractivity contribution in [3.63, 3.8) is 0 Å². The SMILES string of the molecule is CC1=CC2=C(C=CC=CC2C(C)C)C1c1cccc([SiH2]Cl)c1C. The van der Waals surface area contributed by atoms with Crippen molar-refractivity contribution in [2.24, 2.45) is 11.8 Å². The zero-order chi connectivity index (χ0) is 16.6.